The monoisotopic (exact) mass is 296 g/mol. The number of aryl methyl sites for hydroxylation is 1. The van der Waals surface area contributed by atoms with Gasteiger partial charge in [-0.25, -0.2) is 0 Å². The molecule has 0 aliphatic heterocycles. The molecule has 0 radical (unpaired) electrons. The number of benzene rings is 1. The van der Waals surface area contributed by atoms with Crippen molar-refractivity contribution in [2.45, 2.75) is 32.3 Å². The minimum Gasteiger partial charge on any atom is -0.386 e. The molecule has 4 nitrogen and oxygen atoms in total. The number of hydrogen-bond acceptors (Lipinski definition) is 4. The van der Waals surface area contributed by atoms with Crippen molar-refractivity contribution in [1.29, 1.82) is 0 Å². The molecule has 1 atom stereocenters. The van der Waals surface area contributed by atoms with Crippen LogP contribution in [0.4, 0.5) is 0 Å². The Hall–Kier alpha value is -0.940. The fourth-order valence-corrected chi connectivity index (χ4v) is 2.01. The summed E-state index contributed by atoms with van der Waals surface area (Å²) < 4.78 is 15.7. The first kappa shape index (κ1) is 18.1. The summed E-state index contributed by atoms with van der Waals surface area (Å²) in [7, 11) is 1.68. The van der Waals surface area contributed by atoms with Gasteiger partial charge in [0.05, 0.1) is 19.8 Å². The maximum Gasteiger partial charge on any atom is 0.102 e. The van der Waals surface area contributed by atoms with Crippen molar-refractivity contribution in [2.75, 3.05) is 40.1 Å². The Labute approximate surface area is 128 Å². The van der Waals surface area contributed by atoms with E-state index in [1.54, 1.807) is 7.11 Å². The van der Waals surface area contributed by atoms with Gasteiger partial charge in [-0.3, -0.25) is 0 Å². The van der Waals surface area contributed by atoms with Crippen LogP contribution >= 0.6 is 0 Å². The molecule has 0 fully saturated rings. The molecule has 1 unspecified atom stereocenters. The van der Waals surface area contributed by atoms with Crippen molar-refractivity contribution in [1.82, 2.24) is 0 Å². The van der Waals surface area contributed by atoms with E-state index in [9.17, 15) is 5.11 Å². The Morgan fingerprint density at radius 3 is 2.38 bits per heavy atom. The molecule has 1 rings (SSSR count). The van der Waals surface area contributed by atoms with Crippen molar-refractivity contribution >= 4 is 0 Å². The van der Waals surface area contributed by atoms with Gasteiger partial charge >= 0.3 is 0 Å². The van der Waals surface area contributed by atoms with Gasteiger partial charge in [-0.2, -0.15) is 0 Å². The molecule has 0 bridgehead atoms. The Morgan fingerprint density at radius 2 is 1.71 bits per heavy atom. The van der Waals surface area contributed by atoms with Gasteiger partial charge in [-0.05, 0) is 24.0 Å². The largest absolute Gasteiger partial charge is 0.386 e. The zero-order valence-corrected chi connectivity index (χ0v) is 13.2. The molecule has 1 N–H and O–H groups in total. The van der Waals surface area contributed by atoms with E-state index in [4.69, 9.17) is 14.2 Å². The number of aliphatic hydroxyl groups excluding tert-OH is 1. The summed E-state index contributed by atoms with van der Waals surface area (Å²) in [5, 5.41) is 10.0. The summed E-state index contributed by atoms with van der Waals surface area (Å²) in [6.45, 7) is 4.90. The van der Waals surface area contributed by atoms with Crippen LogP contribution in [0.2, 0.25) is 0 Å². The van der Waals surface area contributed by atoms with Crippen LogP contribution in [-0.2, 0) is 20.6 Å². The molecule has 0 spiro atoms. The fourth-order valence-electron chi connectivity index (χ4n) is 2.01. The zero-order valence-electron chi connectivity index (χ0n) is 13.2. The lowest BCUT2D eigenvalue weighted by Gasteiger charge is -2.12. The van der Waals surface area contributed by atoms with Crippen LogP contribution in [0.25, 0.3) is 0 Å². The van der Waals surface area contributed by atoms with E-state index in [1.165, 1.54) is 5.56 Å². The van der Waals surface area contributed by atoms with Gasteiger partial charge in [0.2, 0.25) is 0 Å². The molecular formula is C17H28O4. The number of aliphatic hydroxyl groups is 1. The third kappa shape index (κ3) is 8.17. The summed E-state index contributed by atoms with van der Waals surface area (Å²) in [6.07, 6.45) is 2.53. The van der Waals surface area contributed by atoms with Gasteiger partial charge in [-0.1, -0.05) is 37.6 Å². The van der Waals surface area contributed by atoms with Crippen LogP contribution in [0.3, 0.4) is 0 Å². The lowest BCUT2D eigenvalue weighted by atomic mass is 10.0. The van der Waals surface area contributed by atoms with Crippen LogP contribution in [-0.4, -0.2) is 45.3 Å². The van der Waals surface area contributed by atoms with Gasteiger partial charge in [-0.15, -0.1) is 0 Å². The highest BCUT2D eigenvalue weighted by Gasteiger charge is 2.07. The average molecular weight is 296 g/mol. The maximum atomic E-state index is 10.0. The maximum absolute atomic E-state index is 10.0. The fraction of sp³-hybridized carbons (Fsp3) is 0.647. The lowest BCUT2D eigenvalue weighted by molar-refractivity contribution is 0.000497. The van der Waals surface area contributed by atoms with Crippen LogP contribution < -0.4 is 0 Å². The molecule has 4 heteroatoms. The van der Waals surface area contributed by atoms with Crippen LogP contribution in [0.15, 0.2) is 24.3 Å². The Kier molecular flexibility index (Phi) is 10.1. The second-order valence-electron chi connectivity index (χ2n) is 5.04. The third-order valence-electron chi connectivity index (χ3n) is 3.19. The van der Waals surface area contributed by atoms with E-state index in [-0.39, 0.29) is 0 Å². The normalized spacial score (nSPS) is 12.5. The first-order chi connectivity index (χ1) is 10.3. The SMILES string of the molecule is CCCc1ccc(C(O)COCCOCCCOC)cc1. The van der Waals surface area contributed by atoms with E-state index >= 15 is 0 Å². The van der Waals surface area contributed by atoms with E-state index in [0.717, 1.165) is 24.8 Å². The molecule has 0 aliphatic carbocycles. The Morgan fingerprint density at radius 1 is 1.00 bits per heavy atom. The van der Waals surface area contributed by atoms with Crippen molar-refractivity contribution in [3.05, 3.63) is 35.4 Å². The van der Waals surface area contributed by atoms with Gasteiger partial charge in [0.15, 0.2) is 0 Å². The van der Waals surface area contributed by atoms with Crippen molar-refractivity contribution in [2.24, 2.45) is 0 Å². The molecule has 21 heavy (non-hydrogen) atoms. The first-order valence-corrected chi connectivity index (χ1v) is 7.69. The number of ether oxygens (including phenoxy) is 3. The van der Waals surface area contributed by atoms with E-state index in [1.807, 2.05) is 12.1 Å². The molecule has 0 aromatic heterocycles. The second kappa shape index (κ2) is 11.7. The van der Waals surface area contributed by atoms with Crippen LogP contribution in [0.5, 0.6) is 0 Å². The zero-order chi connectivity index (χ0) is 15.3. The van der Waals surface area contributed by atoms with Crippen LogP contribution in [0.1, 0.15) is 37.0 Å². The Bertz CT molecular complexity index is 350. The van der Waals surface area contributed by atoms with Gasteiger partial charge in [0.25, 0.3) is 0 Å². The molecule has 0 heterocycles. The third-order valence-corrected chi connectivity index (χ3v) is 3.19. The summed E-state index contributed by atoms with van der Waals surface area (Å²) in [5.74, 6) is 0. The van der Waals surface area contributed by atoms with Crippen molar-refractivity contribution in [3.63, 3.8) is 0 Å². The molecule has 1 aromatic carbocycles. The van der Waals surface area contributed by atoms with Crippen molar-refractivity contribution in [3.8, 4) is 0 Å². The highest BCUT2D eigenvalue weighted by molar-refractivity contribution is 5.24. The standard InChI is InChI=1S/C17H28O4/c1-3-5-15-6-8-16(9-7-15)17(18)14-21-13-12-20-11-4-10-19-2/h6-9,17-18H,3-5,10-14H2,1-2H3. The second-order valence-corrected chi connectivity index (χ2v) is 5.04. The summed E-state index contributed by atoms with van der Waals surface area (Å²) in [5.41, 5.74) is 2.20. The van der Waals surface area contributed by atoms with E-state index < -0.39 is 6.10 Å². The summed E-state index contributed by atoms with van der Waals surface area (Å²) in [6, 6.07) is 8.09. The minimum absolute atomic E-state index is 0.300. The van der Waals surface area contributed by atoms with E-state index in [2.05, 4.69) is 19.1 Å². The average Bonchev–Trinajstić information content (AvgIpc) is 2.51. The van der Waals surface area contributed by atoms with E-state index in [0.29, 0.717) is 33.0 Å². The smallest absolute Gasteiger partial charge is 0.102 e. The predicted molar refractivity (Wildman–Crippen MR) is 83.5 cm³/mol. The Balaban J connectivity index is 2.11. The lowest BCUT2D eigenvalue weighted by Crippen LogP contribution is -2.12. The molecule has 0 amide bonds. The highest BCUT2D eigenvalue weighted by Crippen LogP contribution is 2.15. The number of rotatable bonds is 12. The predicted octanol–water partition coefficient (Wildman–Crippen LogP) is 2.74. The molecule has 0 aliphatic rings. The molecule has 120 valence electrons. The summed E-state index contributed by atoms with van der Waals surface area (Å²) in [4.78, 5) is 0. The molecule has 0 saturated carbocycles. The quantitative estimate of drug-likeness (QED) is 0.603. The van der Waals surface area contributed by atoms with Gasteiger partial charge in [0.1, 0.15) is 6.10 Å². The molecular weight excluding hydrogens is 268 g/mol. The van der Waals surface area contributed by atoms with Crippen molar-refractivity contribution < 1.29 is 19.3 Å². The number of methoxy groups -OCH3 is 1. The van der Waals surface area contributed by atoms with Crippen LogP contribution in [0, 0.1) is 0 Å². The highest BCUT2D eigenvalue weighted by atomic mass is 16.5. The first-order valence-electron chi connectivity index (χ1n) is 7.69. The minimum atomic E-state index is -0.575. The molecule has 1 aromatic rings. The van der Waals surface area contributed by atoms with Gasteiger partial charge < -0.3 is 19.3 Å². The van der Waals surface area contributed by atoms with Gasteiger partial charge in [0, 0.05) is 20.3 Å². The number of hydrogen-bond donors (Lipinski definition) is 1. The summed E-state index contributed by atoms with van der Waals surface area (Å²) >= 11 is 0. The topological polar surface area (TPSA) is 47.9 Å². The molecule has 0 saturated heterocycles.